The van der Waals surface area contributed by atoms with Crippen molar-refractivity contribution in [1.82, 2.24) is 5.32 Å². The first kappa shape index (κ1) is 23.9. The third kappa shape index (κ3) is 5.99. The van der Waals surface area contributed by atoms with Crippen LogP contribution in [-0.2, 0) is 4.74 Å². The minimum absolute atomic E-state index is 0.0585. The maximum atomic E-state index is 13.2. The van der Waals surface area contributed by atoms with Gasteiger partial charge in [-0.25, -0.2) is 0 Å². The van der Waals surface area contributed by atoms with Crippen molar-refractivity contribution in [2.24, 2.45) is 5.92 Å². The number of nitrogens with zero attached hydrogens (tertiary/aromatic N) is 1. The van der Waals surface area contributed by atoms with E-state index in [1.165, 1.54) is 6.07 Å². The molecule has 2 heterocycles. The van der Waals surface area contributed by atoms with Crippen LogP contribution in [0.2, 0.25) is 10.0 Å². The van der Waals surface area contributed by atoms with Crippen molar-refractivity contribution in [3.8, 4) is 0 Å². The molecule has 4 rings (SSSR count). The third-order valence-corrected chi connectivity index (χ3v) is 6.86. The topological polar surface area (TPSA) is 70.7 Å². The molecule has 0 aromatic heterocycles. The van der Waals surface area contributed by atoms with E-state index in [4.69, 9.17) is 27.9 Å². The van der Waals surface area contributed by atoms with Gasteiger partial charge in [-0.05, 0) is 68.0 Å². The number of amides is 2. The van der Waals surface area contributed by atoms with Gasteiger partial charge >= 0.3 is 0 Å². The number of halogens is 2. The van der Waals surface area contributed by atoms with Crippen molar-refractivity contribution < 1.29 is 14.3 Å². The van der Waals surface area contributed by atoms with Crippen molar-refractivity contribution in [3.63, 3.8) is 0 Å². The van der Waals surface area contributed by atoms with E-state index in [0.29, 0.717) is 34.3 Å². The number of hydrogen-bond donors (Lipinski definition) is 2. The molecule has 2 saturated heterocycles. The van der Waals surface area contributed by atoms with Gasteiger partial charge in [0.2, 0.25) is 0 Å². The molecular weight excluding hydrogens is 461 g/mol. The predicted molar refractivity (Wildman–Crippen MR) is 133 cm³/mol. The number of hydrogen-bond acceptors (Lipinski definition) is 4. The zero-order chi connectivity index (χ0) is 23.4. The molecule has 6 nitrogen and oxygen atoms in total. The SMILES string of the molecule is CC1CCN(c2ccc(NC(=O)c3ccc(Cl)cc3Cl)cc2C(=O)NCC2CCCO2)CC1. The lowest BCUT2D eigenvalue weighted by molar-refractivity contribution is 0.0858. The van der Waals surface area contributed by atoms with Gasteiger partial charge in [-0.15, -0.1) is 0 Å². The Bertz CT molecular complexity index is 1020. The molecule has 0 saturated carbocycles. The van der Waals surface area contributed by atoms with Crippen molar-refractivity contribution in [2.45, 2.75) is 38.7 Å². The number of ether oxygens (including phenoxy) is 1. The van der Waals surface area contributed by atoms with E-state index in [9.17, 15) is 9.59 Å². The molecule has 2 amide bonds. The largest absolute Gasteiger partial charge is 0.376 e. The van der Waals surface area contributed by atoms with Gasteiger partial charge < -0.3 is 20.3 Å². The molecule has 1 atom stereocenters. The minimum atomic E-state index is -0.359. The number of benzene rings is 2. The fourth-order valence-corrected chi connectivity index (χ4v) is 4.79. The lowest BCUT2D eigenvalue weighted by Crippen LogP contribution is -2.36. The van der Waals surface area contributed by atoms with Gasteiger partial charge in [0.1, 0.15) is 0 Å². The summed E-state index contributed by atoms with van der Waals surface area (Å²) in [7, 11) is 0. The Kier molecular flexibility index (Phi) is 7.78. The smallest absolute Gasteiger partial charge is 0.257 e. The Balaban J connectivity index is 1.55. The Morgan fingerprint density at radius 3 is 2.52 bits per heavy atom. The summed E-state index contributed by atoms with van der Waals surface area (Å²) in [4.78, 5) is 28.2. The molecule has 2 aromatic rings. The van der Waals surface area contributed by atoms with E-state index in [1.807, 2.05) is 12.1 Å². The summed E-state index contributed by atoms with van der Waals surface area (Å²) >= 11 is 12.1. The predicted octanol–water partition coefficient (Wildman–Crippen LogP) is 5.39. The van der Waals surface area contributed by atoms with Gasteiger partial charge in [0, 0.05) is 42.6 Å². The highest BCUT2D eigenvalue weighted by molar-refractivity contribution is 6.37. The summed E-state index contributed by atoms with van der Waals surface area (Å²) in [5.41, 5.74) is 2.28. The van der Waals surface area contributed by atoms with E-state index in [1.54, 1.807) is 18.2 Å². The van der Waals surface area contributed by atoms with Gasteiger partial charge in [0.25, 0.3) is 11.8 Å². The van der Waals surface area contributed by atoms with Crippen LogP contribution in [0.15, 0.2) is 36.4 Å². The van der Waals surface area contributed by atoms with E-state index in [2.05, 4.69) is 22.5 Å². The third-order valence-electron chi connectivity index (χ3n) is 6.31. The van der Waals surface area contributed by atoms with Crippen molar-refractivity contribution in [3.05, 3.63) is 57.6 Å². The number of carbonyl (C=O) groups is 2. The summed E-state index contributed by atoms with van der Waals surface area (Å²) in [5, 5.41) is 6.61. The highest BCUT2D eigenvalue weighted by atomic mass is 35.5. The van der Waals surface area contributed by atoms with E-state index >= 15 is 0 Å². The average molecular weight is 490 g/mol. The van der Waals surface area contributed by atoms with E-state index < -0.39 is 0 Å². The Morgan fingerprint density at radius 1 is 1.03 bits per heavy atom. The molecule has 0 spiro atoms. The Labute approximate surface area is 204 Å². The molecule has 8 heteroatoms. The first-order chi connectivity index (χ1) is 15.9. The van der Waals surface area contributed by atoms with Crippen LogP contribution in [0.1, 0.15) is 53.3 Å². The normalized spacial score (nSPS) is 18.9. The second kappa shape index (κ2) is 10.8. The summed E-state index contributed by atoms with van der Waals surface area (Å²) in [6, 6.07) is 10.2. The fraction of sp³-hybridized carbons (Fsp3) is 0.440. The molecule has 0 radical (unpaired) electrons. The molecule has 2 aliphatic rings. The quantitative estimate of drug-likeness (QED) is 0.570. The second-order valence-corrected chi connectivity index (χ2v) is 9.67. The highest BCUT2D eigenvalue weighted by Gasteiger charge is 2.23. The molecule has 2 aliphatic heterocycles. The monoisotopic (exact) mass is 489 g/mol. The lowest BCUT2D eigenvalue weighted by atomic mass is 9.97. The van der Waals surface area contributed by atoms with Gasteiger partial charge in [-0.3, -0.25) is 9.59 Å². The first-order valence-corrected chi connectivity index (χ1v) is 12.2. The maximum absolute atomic E-state index is 13.2. The maximum Gasteiger partial charge on any atom is 0.257 e. The van der Waals surface area contributed by atoms with Gasteiger partial charge in [-0.2, -0.15) is 0 Å². The molecule has 2 fully saturated rings. The van der Waals surface area contributed by atoms with Gasteiger partial charge in [0.15, 0.2) is 0 Å². The molecule has 0 aliphatic carbocycles. The van der Waals surface area contributed by atoms with Gasteiger partial charge in [-0.1, -0.05) is 30.1 Å². The number of carbonyl (C=O) groups excluding carboxylic acids is 2. The van der Waals surface area contributed by atoms with Crippen LogP contribution in [0.5, 0.6) is 0 Å². The standard InChI is InChI=1S/C25H29Cl2N3O3/c1-16-8-10-30(11-9-16)23-7-5-18(29-25(32)20-6-4-17(26)13-22(20)27)14-21(23)24(31)28-15-19-3-2-12-33-19/h4-7,13-14,16,19H,2-3,8-12,15H2,1H3,(H,28,31)(H,29,32). The molecule has 33 heavy (non-hydrogen) atoms. The first-order valence-electron chi connectivity index (χ1n) is 11.5. The van der Waals surface area contributed by atoms with Crippen LogP contribution in [0, 0.1) is 5.92 Å². The van der Waals surface area contributed by atoms with Gasteiger partial charge in [0.05, 0.1) is 22.3 Å². The summed E-state index contributed by atoms with van der Waals surface area (Å²) in [5.74, 6) is 0.155. The molecule has 2 aromatic carbocycles. The lowest BCUT2D eigenvalue weighted by Gasteiger charge is -2.33. The van der Waals surface area contributed by atoms with Crippen molar-refractivity contribution in [1.29, 1.82) is 0 Å². The average Bonchev–Trinajstić information content (AvgIpc) is 3.32. The van der Waals surface area contributed by atoms with Crippen LogP contribution < -0.4 is 15.5 Å². The van der Waals surface area contributed by atoms with Crippen LogP contribution in [0.4, 0.5) is 11.4 Å². The van der Waals surface area contributed by atoms with E-state index in [-0.39, 0.29) is 22.9 Å². The number of anilines is 2. The summed E-state index contributed by atoms with van der Waals surface area (Å²) in [6.45, 7) is 5.28. The minimum Gasteiger partial charge on any atom is -0.376 e. The Hall–Kier alpha value is -2.28. The number of piperidine rings is 1. The Morgan fingerprint density at radius 2 is 1.82 bits per heavy atom. The zero-order valence-corrected chi connectivity index (χ0v) is 20.2. The molecule has 1 unspecified atom stereocenters. The molecular formula is C25H29Cl2N3O3. The fourth-order valence-electron chi connectivity index (χ4n) is 4.30. The van der Waals surface area contributed by atoms with Crippen LogP contribution >= 0.6 is 23.2 Å². The molecule has 0 bridgehead atoms. The second-order valence-electron chi connectivity index (χ2n) is 8.82. The number of nitrogens with one attached hydrogen (secondary N) is 2. The van der Waals surface area contributed by atoms with Crippen molar-refractivity contribution in [2.75, 3.05) is 36.5 Å². The van der Waals surface area contributed by atoms with Crippen molar-refractivity contribution >= 4 is 46.4 Å². The summed E-state index contributed by atoms with van der Waals surface area (Å²) in [6.07, 6.45) is 4.21. The van der Waals surface area contributed by atoms with Crippen LogP contribution in [-0.4, -0.2) is 44.2 Å². The molecule has 2 N–H and O–H groups in total. The van der Waals surface area contributed by atoms with Crippen LogP contribution in [0.25, 0.3) is 0 Å². The molecule has 176 valence electrons. The highest BCUT2D eigenvalue weighted by Crippen LogP contribution is 2.29. The van der Waals surface area contributed by atoms with Crippen LogP contribution in [0.3, 0.4) is 0 Å². The summed E-state index contributed by atoms with van der Waals surface area (Å²) < 4.78 is 5.64. The number of rotatable bonds is 6. The van der Waals surface area contributed by atoms with E-state index in [0.717, 1.165) is 51.1 Å². The zero-order valence-electron chi connectivity index (χ0n) is 18.7.